The number of piperazine rings is 1. The van der Waals surface area contributed by atoms with Gasteiger partial charge in [0, 0.05) is 56.7 Å². The van der Waals surface area contributed by atoms with E-state index < -0.39 is 6.23 Å². The minimum absolute atomic E-state index is 0.291. The zero-order valence-corrected chi connectivity index (χ0v) is 18.2. The molecule has 5 rings (SSSR count). The van der Waals surface area contributed by atoms with Crippen LogP contribution >= 0.6 is 0 Å². The lowest BCUT2D eigenvalue weighted by Crippen LogP contribution is -2.48. The normalized spacial score (nSPS) is 33.2. The first-order valence-corrected chi connectivity index (χ1v) is 11.6. The van der Waals surface area contributed by atoms with E-state index in [9.17, 15) is 5.11 Å². The van der Waals surface area contributed by atoms with E-state index in [1.807, 2.05) is 0 Å². The Balaban J connectivity index is 1.22. The number of allylic oxidation sites excluding steroid dienone is 4. The molecule has 2 aliphatic carbocycles. The zero-order chi connectivity index (χ0) is 20.7. The van der Waals surface area contributed by atoms with Gasteiger partial charge in [-0.1, -0.05) is 24.3 Å². The quantitative estimate of drug-likeness (QED) is 0.730. The Morgan fingerprint density at radius 1 is 1.20 bits per heavy atom. The SMILES string of the molecule is C[C@H](C1=CCC(C2=CC=CN3NC(=NC(O)C4CC4)CC23)C=C1)N1CCN(C)CC1. The summed E-state index contributed by atoms with van der Waals surface area (Å²) in [7, 11) is 2.21. The molecule has 6 heteroatoms. The molecule has 0 radical (unpaired) electrons. The summed E-state index contributed by atoms with van der Waals surface area (Å²) in [6, 6.07) is 0.781. The molecule has 4 atom stereocenters. The van der Waals surface area contributed by atoms with Crippen LogP contribution in [0.25, 0.3) is 0 Å². The van der Waals surface area contributed by atoms with Crippen LogP contribution in [0.1, 0.15) is 32.6 Å². The van der Waals surface area contributed by atoms with Gasteiger partial charge >= 0.3 is 0 Å². The van der Waals surface area contributed by atoms with Crippen LogP contribution in [-0.4, -0.2) is 77.3 Å². The number of aliphatic imine (C=N–C) groups is 1. The van der Waals surface area contributed by atoms with Crippen molar-refractivity contribution in [3.8, 4) is 0 Å². The van der Waals surface area contributed by atoms with Gasteiger partial charge in [-0.3, -0.25) is 15.3 Å². The zero-order valence-electron chi connectivity index (χ0n) is 18.2. The van der Waals surface area contributed by atoms with Crippen molar-refractivity contribution in [2.45, 2.75) is 50.9 Å². The summed E-state index contributed by atoms with van der Waals surface area (Å²) in [4.78, 5) is 9.57. The Bertz CT molecular complexity index is 800. The van der Waals surface area contributed by atoms with Crippen LogP contribution in [0.4, 0.5) is 0 Å². The summed E-state index contributed by atoms with van der Waals surface area (Å²) in [5, 5.41) is 12.4. The second-order valence-corrected chi connectivity index (χ2v) is 9.49. The minimum Gasteiger partial charge on any atom is -0.371 e. The van der Waals surface area contributed by atoms with Crippen molar-refractivity contribution in [3.05, 3.63) is 47.7 Å². The molecule has 0 bridgehead atoms. The van der Waals surface area contributed by atoms with E-state index in [1.165, 1.54) is 11.1 Å². The van der Waals surface area contributed by atoms with E-state index in [-0.39, 0.29) is 0 Å². The van der Waals surface area contributed by atoms with E-state index in [1.54, 1.807) is 0 Å². The number of likely N-dealkylation sites (N-methyl/N-ethyl adjacent to an activating group) is 1. The minimum atomic E-state index is -0.540. The van der Waals surface area contributed by atoms with Gasteiger partial charge in [-0.2, -0.15) is 0 Å². The highest BCUT2D eigenvalue weighted by molar-refractivity contribution is 5.85. The van der Waals surface area contributed by atoms with E-state index in [0.29, 0.717) is 23.9 Å². The number of hydrazine groups is 1. The van der Waals surface area contributed by atoms with Gasteiger partial charge in [-0.25, -0.2) is 4.99 Å². The Labute approximate surface area is 180 Å². The van der Waals surface area contributed by atoms with Crippen LogP contribution in [-0.2, 0) is 0 Å². The number of nitrogens with zero attached hydrogens (tertiary/aromatic N) is 4. The van der Waals surface area contributed by atoms with Crippen molar-refractivity contribution in [2.24, 2.45) is 16.8 Å². The molecule has 3 fully saturated rings. The molecule has 3 aliphatic heterocycles. The summed E-state index contributed by atoms with van der Waals surface area (Å²) >= 11 is 0. The maximum Gasteiger partial charge on any atom is 0.149 e. The first kappa shape index (κ1) is 20.0. The highest BCUT2D eigenvalue weighted by atomic mass is 16.3. The number of rotatable bonds is 5. The number of aliphatic hydroxyl groups excluding tert-OH is 1. The molecule has 0 spiro atoms. The highest BCUT2D eigenvalue weighted by Crippen LogP contribution is 2.36. The topological polar surface area (TPSA) is 54.3 Å². The van der Waals surface area contributed by atoms with Crippen molar-refractivity contribution in [3.63, 3.8) is 0 Å². The molecule has 0 aromatic rings. The number of hydrogen-bond acceptors (Lipinski definition) is 5. The fraction of sp³-hybridized carbons (Fsp3) is 0.625. The lowest BCUT2D eigenvalue weighted by atomic mass is 9.83. The molecule has 0 aromatic carbocycles. The molecule has 162 valence electrons. The van der Waals surface area contributed by atoms with Crippen LogP contribution in [0.2, 0.25) is 0 Å². The van der Waals surface area contributed by atoms with Gasteiger partial charge in [-0.05, 0) is 50.5 Å². The maximum atomic E-state index is 10.2. The smallest absolute Gasteiger partial charge is 0.149 e. The molecular weight excluding hydrogens is 374 g/mol. The standard InChI is InChI=1S/C24H35N5O/c1-17(28-14-12-27(2)13-15-28)18-5-7-19(8-6-18)21-4-3-11-29-22(21)16-23(26-29)25-24(30)20-9-10-20/h3-7,11,17,19-20,22,24,30H,8-10,12-16H2,1-2H3,(H,25,26)/t17-,19?,22?,24?/m1/s1. The summed E-state index contributed by atoms with van der Waals surface area (Å²) in [5.74, 6) is 1.71. The number of hydrogen-bond donors (Lipinski definition) is 2. The molecule has 2 N–H and O–H groups in total. The lowest BCUT2D eigenvalue weighted by molar-refractivity contribution is 0.133. The van der Waals surface area contributed by atoms with E-state index >= 15 is 0 Å². The third kappa shape index (κ3) is 4.13. The number of nitrogens with one attached hydrogen (secondary N) is 1. The first-order chi connectivity index (χ1) is 14.6. The van der Waals surface area contributed by atoms with Gasteiger partial charge in [0.15, 0.2) is 0 Å². The monoisotopic (exact) mass is 409 g/mol. The highest BCUT2D eigenvalue weighted by Gasteiger charge is 2.36. The van der Waals surface area contributed by atoms with Gasteiger partial charge in [-0.15, -0.1) is 0 Å². The van der Waals surface area contributed by atoms with Gasteiger partial charge in [0.2, 0.25) is 0 Å². The predicted molar refractivity (Wildman–Crippen MR) is 121 cm³/mol. The summed E-state index contributed by atoms with van der Waals surface area (Å²) in [5.41, 5.74) is 6.29. The van der Waals surface area contributed by atoms with Gasteiger partial charge in [0.05, 0.1) is 6.04 Å². The average Bonchev–Trinajstić information content (AvgIpc) is 3.54. The second-order valence-electron chi connectivity index (χ2n) is 9.49. The maximum absolute atomic E-state index is 10.2. The van der Waals surface area contributed by atoms with E-state index in [0.717, 1.165) is 57.7 Å². The van der Waals surface area contributed by atoms with Crippen LogP contribution in [0, 0.1) is 11.8 Å². The molecule has 2 saturated heterocycles. The van der Waals surface area contributed by atoms with Crippen LogP contribution in [0.3, 0.4) is 0 Å². The van der Waals surface area contributed by atoms with Crippen molar-refractivity contribution in [2.75, 3.05) is 33.2 Å². The van der Waals surface area contributed by atoms with Crippen molar-refractivity contribution in [1.82, 2.24) is 20.2 Å². The second kappa shape index (κ2) is 8.33. The fourth-order valence-electron chi connectivity index (χ4n) is 5.06. The molecule has 3 unspecified atom stereocenters. The molecular formula is C24H35N5O. The lowest BCUT2D eigenvalue weighted by Gasteiger charge is -2.38. The third-order valence-corrected chi connectivity index (χ3v) is 7.36. The summed E-state index contributed by atoms with van der Waals surface area (Å²) in [6.45, 7) is 6.97. The summed E-state index contributed by atoms with van der Waals surface area (Å²) in [6.07, 6.45) is 17.3. The number of aliphatic hydroxyl groups is 1. The Morgan fingerprint density at radius 2 is 2.00 bits per heavy atom. The van der Waals surface area contributed by atoms with E-state index in [2.05, 4.69) is 75.8 Å². The summed E-state index contributed by atoms with van der Waals surface area (Å²) < 4.78 is 0. The molecule has 1 saturated carbocycles. The van der Waals surface area contributed by atoms with Crippen molar-refractivity contribution in [1.29, 1.82) is 0 Å². The molecule has 3 heterocycles. The molecule has 6 nitrogen and oxygen atoms in total. The Hall–Kier alpha value is -1.89. The first-order valence-electron chi connectivity index (χ1n) is 11.6. The van der Waals surface area contributed by atoms with Gasteiger partial charge in [0.1, 0.15) is 12.1 Å². The van der Waals surface area contributed by atoms with Crippen LogP contribution in [0.15, 0.2) is 52.7 Å². The Kier molecular flexibility index (Phi) is 5.56. The van der Waals surface area contributed by atoms with Crippen LogP contribution in [0.5, 0.6) is 0 Å². The largest absolute Gasteiger partial charge is 0.371 e. The van der Waals surface area contributed by atoms with Gasteiger partial charge in [0.25, 0.3) is 0 Å². The van der Waals surface area contributed by atoms with Crippen molar-refractivity contribution < 1.29 is 5.11 Å². The third-order valence-electron chi connectivity index (χ3n) is 7.36. The van der Waals surface area contributed by atoms with Crippen LogP contribution < -0.4 is 5.43 Å². The molecule has 0 aromatic heterocycles. The van der Waals surface area contributed by atoms with Gasteiger partial charge < -0.3 is 10.0 Å². The molecule has 30 heavy (non-hydrogen) atoms. The fourth-order valence-corrected chi connectivity index (χ4v) is 5.06. The molecule has 5 aliphatic rings. The number of fused-ring (bicyclic) bond motifs is 1. The van der Waals surface area contributed by atoms with E-state index in [4.69, 9.17) is 0 Å². The van der Waals surface area contributed by atoms with Crippen molar-refractivity contribution >= 4 is 5.84 Å². The Morgan fingerprint density at radius 3 is 2.70 bits per heavy atom. The molecule has 0 amide bonds. The predicted octanol–water partition coefficient (Wildman–Crippen LogP) is 2.28. The average molecular weight is 410 g/mol. The number of amidine groups is 1.